The summed E-state index contributed by atoms with van der Waals surface area (Å²) in [5, 5.41) is 0. The average molecular weight is 185 g/mol. The van der Waals surface area contributed by atoms with Crippen molar-refractivity contribution >= 4 is 0 Å². The predicted molar refractivity (Wildman–Crippen MR) is 64.8 cm³/mol. The third-order valence-corrected chi connectivity index (χ3v) is 1.76. The van der Waals surface area contributed by atoms with E-state index in [9.17, 15) is 0 Å². The predicted octanol–water partition coefficient (Wildman–Crippen LogP) is 3.76. The second-order valence-corrected chi connectivity index (χ2v) is 3.64. The first-order valence-corrected chi connectivity index (χ1v) is 4.35. The van der Waals surface area contributed by atoms with Gasteiger partial charge in [0.05, 0.1) is 0 Å². The summed E-state index contributed by atoms with van der Waals surface area (Å²) in [6.45, 7) is 17.6. The minimum absolute atomic E-state index is 0. The molecule has 0 aromatic rings. The largest absolute Gasteiger partial charge is 0.324 e. The van der Waals surface area contributed by atoms with Gasteiger partial charge in [0, 0.05) is 6.04 Å². The fourth-order valence-corrected chi connectivity index (χ4v) is 0. The Morgan fingerprint density at radius 3 is 1.15 bits per heavy atom. The van der Waals surface area contributed by atoms with Crippen LogP contribution in [0.1, 0.15) is 42.0 Å². The summed E-state index contributed by atoms with van der Waals surface area (Å²) in [7, 11) is 0. The van der Waals surface area contributed by atoms with Crippen LogP contribution in [-0.4, -0.2) is 6.04 Å². The molecule has 0 bridgehead atoms. The van der Waals surface area contributed by atoms with Crippen LogP contribution in [0, 0.1) is 5.92 Å². The molecule has 2 N–H and O–H groups in total. The van der Waals surface area contributed by atoms with Gasteiger partial charge in [-0.2, -0.15) is 0 Å². The van der Waals surface area contributed by atoms with Crippen LogP contribution >= 0.6 is 0 Å². The fourth-order valence-electron chi connectivity index (χ4n) is 0. The molecule has 0 saturated heterocycles. The Labute approximate surface area is 84.7 Å². The molecule has 0 aromatic carbocycles. The maximum atomic E-state index is 5.34. The zero-order valence-electron chi connectivity index (χ0n) is 9.15. The highest BCUT2D eigenvalue weighted by molar-refractivity contribution is 4.96. The smallest absolute Gasteiger partial charge is 0.0219 e. The van der Waals surface area contributed by atoms with Crippen LogP contribution in [-0.2, 0) is 0 Å². The molecular formula is C12H27N. The first-order chi connectivity index (χ1) is 5.29. The van der Waals surface area contributed by atoms with E-state index in [1.165, 1.54) is 5.57 Å². The van der Waals surface area contributed by atoms with Crippen molar-refractivity contribution < 1.29 is 0 Å². The lowest BCUT2D eigenvalue weighted by Gasteiger charge is -1.98. The zero-order valence-corrected chi connectivity index (χ0v) is 9.15. The standard InChI is InChI=1S/C6H12.C5H11N.CH4/c1-5(2)6(3)4;1-4(2)5(3)6;/h6H,1H2,2-4H3;5H,1,6H2,2-3H3;1H4. The van der Waals surface area contributed by atoms with E-state index in [4.69, 9.17) is 5.73 Å². The molecule has 0 fully saturated rings. The van der Waals surface area contributed by atoms with E-state index in [-0.39, 0.29) is 13.5 Å². The van der Waals surface area contributed by atoms with E-state index in [0.29, 0.717) is 5.92 Å². The molecular weight excluding hydrogens is 158 g/mol. The van der Waals surface area contributed by atoms with Crippen molar-refractivity contribution in [2.24, 2.45) is 11.7 Å². The van der Waals surface area contributed by atoms with Crippen LogP contribution in [0.25, 0.3) is 0 Å². The van der Waals surface area contributed by atoms with E-state index in [1.54, 1.807) is 0 Å². The summed E-state index contributed by atoms with van der Waals surface area (Å²) < 4.78 is 0. The molecule has 0 rings (SSSR count). The van der Waals surface area contributed by atoms with Gasteiger partial charge in [-0.25, -0.2) is 0 Å². The van der Waals surface area contributed by atoms with Crippen LogP contribution in [0.2, 0.25) is 0 Å². The Bertz CT molecular complexity index is 125. The number of hydrogen-bond donors (Lipinski definition) is 1. The van der Waals surface area contributed by atoms with Gasteiger partial charge in [-0.1, -0.05) is 45.6 Å². The minimum Gasteiger partial charge on any atom is -0.324 e. The minimum atomic E-state index is 0. The molecule has 0 aliphatic carbocycles. The van der Waals surface area contributed by atoms with Gasteiger partial charge in [0.25, 0.3) is 0 Å². The Balaban J connectivity index is -0.000000143. The summed E-state index contributed by atoms with van der Waals surface area (Å²) in [6, 6.07) is 0.157. The summed E-state index contributed by atoms with van der Waals surface area (Å²) >= 11 is 0. The van der Waals surface area contributed by atoms with Gasteiger partial charge in [-0.05, 0) is 26.7 Å². The number of nitrogens with two attached hydrogens (primary N) is 1. The molecule has 1 unspecified atom stereocenters. The lowest BCUT2D eigenvalue weighted by atomic mass is 10.1. The molecule has 1 heteroatoms. The molecule has 0 aliphatic heterocycles. The number of rotatable bonds is 2. The molecule has 13 heavy (non-hydrogen) atoms. The molecule has 0 aliphatic rings. The maximum absolute atomic E-state index is 5.34. The van der Waals surface area contributed by atoms with E-state index in [1.807, 2.05) is 20.8 Å². The lowest BCUT2D eigenvalue weighted by molar-refractivity contribution is 0.773. The molecule has 0 radical (unpaired) electrons. The average Bonchev–Trinajstić information content (AvgIpc) is 1.88. The van der Waals surface area contributed by atoms with Gasteiger partial charge in [0.1, 0.15) is 0 Å². The van der Waals surface area contributed by atoms with Gasteiger partial charge in [0.15, 0.2) is 0 Å². The van der Waals surface area contributed by atoms with Crippen molar-refractivity contribution in [1.82, 2.24) is 0 Å². The monoisotopic (exact) mass is 185 g/mol. The Hall–Kier alpha value is -0.560. The van der Waals surface area contributed by atoms with E-state index in [2.05, 4.69) is 27.0 Å². The highest BCUT2D eigenvalue weighted by Gasteiger charge is 1.87. The zero-order chi connectivity index (χ0) is 10.3. The fraction of sp³-hybridized carbons (Fsp3) is 0.667. The van der Waals surface area contributed by atoms with Crippen molar-refractivity contribution in [3.8, 4) is 0 Å². The van der Waals surface area contributed by atoms with Crippen LogP contribution in [0.4, 0.5) is 0 Å². The van der Waals surface area contributed by atoms with Gasteiger partial charge >= 0.3 is 0 Å². The van der Waals surface area contributed by atoms with Crippen LogP contribution in [0.5, 0.6) is 0 Å². The first-order valence-electron chi connectivity index (χ1n) is 4.35. The van der Waals surface area contributed by atoms with Crippen molar-refractivity contribution in [3.63, 3.8) is 0 Å². The molecule has 0 spiro atoms. The molecule has 1 atom stereocenters. The van der Waals surface area contributed by atoms with Crippen molar-refractivity contribution in [2.75, 3.05) is 0 Å². The maximum Gasteiger partial charge on any atom is 0.0219 e. The summed E-state index contributed by atoms with van der Waals surface area (Å²) in [5.74, 6) is 0.657. The molecule has 0 aromatic heterocycles. The van der Waals surface area contributed by atoms with Crippen molar-refractivity contribution in [2.45, 2.75) is 48.1 Å². The molecule has 80 valence electrons. The third kappa shape index (κ3) is 18.4. The number of hydrogen-bond acceptors (Lipinski definition) is 1. The van der Waals surface area contributed by atoms with E-state index >= 15 is 0 Å². The van der Waals surface area contributed by atoms with Crippen molar-refractivity contribution in [3.05, 3.63) is 24.3 Å². The van der Waals surface area contributed by atoms with Crippen molar-refractivity contribution in [1.29, 1.82) is 0 Å². The molecule has 1 nitrogen and oxygen atoms in total. The summed E-state index contributed by atoms with van der Waals surface area (Å²) in [4.78, 5) is 0. The highest BCUT2D eigenvalue weighted by Crippen LogP contribution is 2.02. The number of allylic oxidation sites excluding steroid dienone is 1. The Morgan fingerprint density at radius 1 is 1.00 bits per heavy atom. The van der Waals surface area contributed by atoms with Gasteiger partial charge < -0.3 is 5.73 Å². The van der Waals surface area contributed by atoms with Crippen LogP contribution in [0.15, 0.2) is 24.3 Å². The molecule has 0 heterocycles. The van der Waals surface area contributed by atoms with Crippen LogP contribution < -0.4 is 5.73 Å². The second kappa shape index (κ2) is 9.53. The summed E-state index contributed by atoms with van der Waals surface area (Å²) in [5.41, 5.74) is 7.63. The Morgan fingerprint density at radius 2 is 1.15 bits per heavy atom. The SMILES string of the molecule is C.C=C(C)C(C)C.C=C(C)C(C)N. The third-order valence-electron chi connectivity index (χ3n) is 1.76. The van der Waals surface area contributed by atoms with Crippen LogP contribution in [0.3, 0.4) is 0 Å². The lowest BCUT2D eigenvalue weighted by Crippen LogP contribution is -2.14. The highest BCUT2D eigenvalue weighted by atomic mass is 14.6. The Kier molecular flexibility index (Phi) is 13.4. The topological polar surface area (TPSA) is 26.0 Å². The van der Waals surface area contributed by atoms with E-state index < -0.39 is 0 Å². The molecule has 0 amide bonds. The summed E-state index contributed by atoms with van der Waals surface area (Å²) in [6.07, 6.45) is 0. The van der Waals surface area contributed by atoms with Gasteiger partial charge in [-0.15, -0.1) is 0 Å². The van der Waals surface area contributed by atoms with E-state index in [0.717, 1.165) is 5.57 Å². The normalized spacial score (nSPS) is 10.7. The second-order valence-electron chi connectivity index (χ2n) is 3.64. The molecule has 0 saturated carbocycles. The van der Waals surface area contributed by atoms with Gasteiger partial charge in [-0.3, -0.25) is 0 Å². The first kappa shape index (κ1) is 18.3. The van der Waals surface area contributed by atoms with Gasteiger partial charge in [0.2, 0.25) is 0 Å². The quantitative estimate of drug-likeness (QED) is 0.651.